The van der Waals surface area contributed by atoms with Gasteiger partial charge in [-0.05, 0) is 35.9 Å². The summed E-state index contributed by atoms with van der Waals surface area (Å²) in [7, 11) is 1.62. The molecule has 3 heterocycles. The number of nitrogens with zero attached hydrogens (tertiary/aromatic N) is 1. The lowest BCUT2D eigenvalue weighted by Crippen LogP contribution is -2.48. The Morgan fingerprint density at radius 2 is 2.17 bits per heavy atom. The van der Waals surface area contributed by atoms with Gasteiger partial charge in [0.25, 0.3) is 5.91 Å². The first-order valence-corrected chi connectivity index (χ1v) is 10.9. The van der Waals surface area contributed by atoms with E-state index in [0.29, 0.717) is 25.3 Å². The molecule has 0 spiro atoms. The second-order valence-corrected chi connectivity index (χ2v) is 8.38. The van der Waals surface area contributed by atoms with E-state index in [1.807, 2.05) is 41.8 Å². The molecule has 0 bridgehead atoms. The zero-order chi connectivity index (χ0) is 20.2. The van der Waals surface area contributed by atoms with Crippen LogP contribution in [0.4, 0.5) is 0 Å². The molecule has 2 amide bonds. The monoisotopic (exact) mass is 414 g/mol. The molecular formula is C22H26N2O4S. The number of fused-ring (bicyclic) bond motifs is 1. The summed E-state index contributed by atoms with van der Waals surface area (Å²) >= 11 is 1.57. The highest BCUT2D eigenvalue weighted by atomic mass is 32.1. The highest BCUT2D eigenvalue weighted by Gasteiger charge is 2.44. The van der Waals surface area contributed by atoms with E-state index >= 15 is 0 Å². The lowest BCUT2D eigenvalue weighted by atomic mass is 9.81. The molecule has 4 rings (SSSR count). The van der Waals surface area contributed by atoms with Gasteiger partial charge in [0.2, 0.25) is 5.91 Å². The Morgan fingerprint density at radius 1 is 1.31 bits per heavy atom. The molecule has 0 aliphatic carbocycles. The zero-order valence-corrected chi connectivity index (χ0v) is 17.3. The quantitative estimate of drug-likeness (QED) is 0.756. The first kappa shape index (κ1) is 20.1. The van der Waals surface area contributed by atoms with E-state index in [1.165, 1.54) is 0 Å². The fraction of sp³-hybridized carbons (Fsp3) is 0.455. The Balaban J connectivity index is 1.70. The number of methoxy groups -OCH3 is 1. The van der Waals surface area contributed by atoms with Gasteiger partial charge in [-0.2, -0.15) is 0 Å². The van der Waals surface area contributed by atoms with Crippen LogP contribution in [0.1, 0.15) is 45.6 Å². The maximum atomic E-state index is 13.4. The summed E-state index contributed by atoms with van der Waals surface area (Å²) in [4.78, 5) is 29.5. The van der Waals surface area contributed by atoms with Crippen LogP contribution in [-0.4, -0.2) is 56.2 Å². The molecule has 0 radical (unpaired) electrons. The minimum atomic E-state index is -0.471. The van der Waals surface area contributed by atoms with E-state index in [1.54, 1.807) is 23.3 Å². The van der Waals surface area contributed by atoms with E-state index in [-0.39, 0.29) is 24.0 Å². The van der Waals surface area contributed by atoms with Crippen LogP contribution in [0.5, 0.6) is 0 Å². The highest BCUT2D eigenvalue weighted by Crippen LogP contribution is 2.44. The predicted molar refractivity (Wildman–Crippen MR) is 111 cm³/mol. The number of amides is 2. The molecule has 3 atom stereocenters. The number of nitrogens with one attached hydrogen (secondary N) is 1. The molecule has 29 heavy (non-hydrogen) atoms. The minimum absolute atomic E-state index is 0.0563. The van der Waals surface area contributed by atoms with Gasteiger partial charge in [-0.3, -0.25) is 9.59 Å². The van der Waals surface area contributed by atoms with Crippen molar-refractivity contribution >= 4 is 23.2 Å². The third-order valence-corrected chi connectivity index (χ3v) is 6.56. The molecule has 0 saturated carbocycles. The van der Waals surface area contributed by atoms with Gasteiger partial charge in [0.1, 0.15) is 0 Å². The lowest BCUT2D eigenvalue weighted by Gasteiger charge is -2.41. The SMILES string of the molecule is COCCN1C(=O)c2ccccc2C(C(=O)NCC2CCCO2)C1c1cccs1. The number of rotatable bonds is 7. The molecule has 2 aliphatic heterocycles. The molecule has 6 nitrogen and oxygen atoms in total. The molecule has 2 aromatic rings. The van der Waals surface area contributed by atoms with Gasteiger partial charge in [0.15, 0.2) is 0 Å². The van der Waals surface area contributed by atoms with Crippen LogP contribution in [0, 0.1) is 0 Å². The van der Waals surface area contributed by atoms with Gasteiger partial charge in [-0.1, -0.05) is 24.3 Å². The summed E-state index contributed by atoms with van der Waals surface area (Å²) in [5, 5.41) is 5.07. The van der Waals surface area contributed by atoms with Gasteiger partial charge in [-0.15, -0.1) is 11.3 Å². The summed E-state index contributed by atoms with van der Waals surface area (Å²) in [5.41, 5.74) is 1.38. The lowest BCUT2D eigenvalue weighted by molar-refractivity contribution is -0.124. The number of thiophene rings is 1. The van der Waals surface area contributed by atoms with Crippen LogP contribution in [0.3, 0.4) is 0 Å². The van der Waals surface area contributed by atoms with Crippen molar-refractivity contribution in [3.05, 3.63) is 57.8 Å². The van der Waals surface area contributed by atoms with E-state index in [4.69, 9.17) is 9.47 Å². The molecular weight excluding hydrogens is 388 g/mol. The summed E-state index contributed by atoms with van der Waals surface area (Å²) < 4.78 is 10.9. The molecule has 1 saturated heterocycles. The maximum absolute atomic E-state index is 13.4. The minimum Gasteiger partial charge on any atom is -0.383 e. The average molecular weight is 415 g/mol. The summed E-state index contributed by atoms with van der Waals surface area (Å²) in [6.07, 6.45) is 2.07. The Bertz CT molecular complexity index is 848. The van der Waals surface area contributed by atoms with Gasteiger partial charge in [0, 0.05) is 37.2 Å². The largest absolute Gasteiger partial charge is 0.383 e. The highest BCUT2D eigenvalue weighted by molar-refractivity contribution is 7.10. The second-order valence-electron chi connectivity index (χ2n) is 7.40. The molecule has 1 N–H and O–H groups in total. The van der Waals surface area contributed by atoms with Crippen LogP contribution < -0.4 is 5.32 Å². The van der Waals surface area contributed by atoms with Crippen molar-refractivity contribution in [2.24, 2.45) is 0 Å². The van der Waals surface area contributed by atoms with Crippen molar-refractivity contribution in [1.29, 1.82) is 0 Å². The predicted octanol–water partition coefficient (Wildman–Crippen LogP) is 2.97. The standard InChI is InChI=1S/C22H26N2O4S/c1-27-12-10-24-20(18-9-5-13-29-18)19(16-7-2-3-8-17(16)22(24)26)21(25)23-14-15-6-4-11-28-15/h2-3,5,7-9,13,15,19-20H,4,6,10-12,14H2,1H3,(H,23,25). The van der Waals surface area contributed by atoms with Gasteiger partial charge < -0.3 is 19.7 Å². The van der Waals surface area contributed by atoms with Crippen LogP contribution in [0.25, 0.3) is 0 Å². The Labute approximate surface area is 174 Å². The van der Waals surface area contributed by atoms with Crippen LogP contribution >= 0.6 is 11.3 Å². The fourth-order valence-electron chi connectivity index (χ4n) is 4.22. The number of carbonyl (C=O) groups is 2. The third-order valence-electron chi connectivity index (χ3n) is 5.62. The molecule has 1 aromatic heterocycles. The first-order valence-electron chi connectivity index (χ1n) is 10.0. The topological polar surface area (TPSA) is 67.9 Å². The zero-order valence-electron chi connectivity index (χ0n) is 16.5. The van der Waals surface area contributed by atoms with Crippen molar-refractivity contribution in [1.82, 2.24) is 10.2 Å². The normalized spacial score (nSPS) is 23.8. The fourth-order valence-corrected chi connectivity index (χ4v) is 5.09. The Morgan fingerprint density at radius 3 is 2.90 bits per heavy atom. The average Bonchev–Trinajstić information content (AvgIpc) is 3.45. The maximum Gasteiger partial charge on any atom is 0.254 e. The number of benzene rings is 1. The summed E-state index contributed by atoms with van der Waals surface area (Å²) in [6.45, 7) is 2.10. The van der Waals surface area contributed by atoms with Crippen LogP contribution in [0.15, 0.2) is 41.8 Å². The molecule has 1 aromatic carbocycles. The molecule has 7 heteroatoms. The van der Waals surface area contributed by atoms with Gasteiger partial charge in [0.05, 0.1) is 24.7 Å². The molecule has 1 fully saturated rings. The Kier molecular flexibility index (Phi) is 6.28. The van der Waals surface area contributed by atoms with Crippen molar-refractivity contribution < 1.29 is 19.1 Å². The second kappa shape index (κ2) is 9.07. The van der Waals surface area contributed by atoms with E-state index in [0.717, 1.165) is 29.9 Å². The third kappa shape index (κ3) is 4.08. The van der Waals surface area contributed by atoms with E-state index in [9.17, 15) is 9.59 Å². The summed E-state index contributed by atoms with van der Waals surface area (Å²) in [6, 6.07) is 11.1. The molecule has 3 unspecified atom stereocenters. The Hall–Kier alpha value is -2.22. The molecule has 2 aliphatic rings. The van der Waals surface area contributed by atoms with Crippen molar-refractivity contribution in [2.75, 3.05) is 33.4 Å². The van der Waals surface area contributed by atoms with Crippen molar-refractivity contribution in [3.8, 4) is 0 Å². The van der Waals surface area contributed by atoms with Gasteiger partial charge >= 0.3 is 0 Å². The van der Waals surface area contributed by atoms with Crippen LogP contribution in [0.2, 0.25) is 0 Å². The number of hydrogen-bond donors (Lipinski definition) is 1. The number of hydrogen-bond acceptors (Lipinski definition) is 5. The van der Waals surface area contributed by atoms with Crippen molar-refractivity contribution in [2.45, 2.75) is 30.9 Å². The number of carbonyl (C=O) groups excluding carboxylic acids is 2. The van der Waals surface area contributed by atoms with Gasteiger partial charge in [-0.25, -0.2) is 0 Å². The van der Waals surface area contributed by atoms with Crippen LogP contribution in [-0.2, 0) is 14.3 Å². The van der Waals surface area contributed by atoms with Crippen molar-refractivity contribution in [3.63, 3.8) is 0 Å². The smallest absolute Gasteiger partial charge is 0.254 e. The summed E-state index contributed by atoms with van der Waals surface area (Å²) in [5.74, 6) is -0.596. The van der Waals surface area contributed by atoms with E-state index in [2.05, 4.69) is 5.32 Å². The number of ether oxygens (including phenoxy) is 2. The van der Waals surface area contributed by atoms with E-state index < -0.39 is 5.92 Å². The molecule has 154 valence electrons. The first-order chi connectivity index (χ1) is 14.2.